The zero-order valence-electron chi connectivity index (χ0n) is 13.9. The molecule has 5 heteroatoms. The Morgan fingerprint density at radius 2 is 1.54 bits per heavy atom. The highest BCUT2D eigenvalue weighted by molar-refractivity contribution is 5.96. The molecule has 0 saturated heterocycles. The average molecular weight is 325 g/mol. The molecule has 0 saturated carbocycles. The van der Waals surface area contributed by atoms with Gasteiger partial charge in [0.1, 0.15) is 11.4 Å². The smallest absolute Gasteiger partial charge is 0.270 e. The number of amides is 2. The van der Waals surface area contributed by atoms with Gasteiger partial charge >= 0.3 is 0 Å². The second kappa shape index (κ2) is 9.45. The van der Waals surface area contributed by atoms with Gasteiger partial charge in [-0.2, -0.15) is 0 Å². The lowest BCUT2D eigenvalue weighted by Gasteiger charge is -2.07. The van der Waals surface area contributed by atoms with Crippen LogP contribution in [0.4, 0.5) is 0 Å². The number of nitrogens with one attached hydrogen (secondary N) is 2. The van der Waals surface area contributed by atoms with E-state index in [1.54, 1.807) is 18.2 Å². The number of rotatable bonds is 8. The van der Waals surface area contributed by atoms with E-state index in [4.69, 9.17) is 0 Å². The first-order valence-electron chi connectivity index (χ1n) is 8.28. The molecule has 0 aliphatic carbocycles. The van der Waals surface area contributed by atoms with Crippen LogP contribution in [0.1, 0.15) is 52.7 Å². The maximum atomic E-state index is 12.2. The Labute approximate surface area is 142 Å². The van der Waals surface area contributed by atoms with E-state index in [2.05, 4.69) is 22.5 Å². The van der Waals surface area contributed by atoms with Gasteiger partial charge in [-0.15, -0.1) is 0 Å². The summed E-state index contributed by atoms with van der Waals surface area (Å²) in [6, 6.07) is 14.5. The minimum absolute atomic E-state index is 0.243. The molecule has 5 nitrogen and oxygen atoms in total. The zero-order valence-corrected chi connectivity index (χ0v) is 13.9. The van der Waals surface area contributed by atoms with Crippen molar-refractivity contribution in [2.45, 2.75) is 32.7 Å². The fraction of sp³-hybridized carbons (Fsp3) is 0.316. The van der Waals surface area contributed by atoms with Crippen molar-refractivity contribution in [2.24, 2.45) is 0 Å². The van der Waals surface area contributed by atoms with Gasteiger partial charge < -0.3 is 10.6 Å². The molecule has 0 atom stereocenters. The lowest BCUT2D eigenvalue weighted by molar-refractivity contribution is 0.0942. The molecule has 0 unspecified atom stereocenters. The molecule has 2 rings (SSSR count). The molecule has 2 amide bonds. The largest absolute Gasteiger partial charge is 0.351 e. The summed E-state index contributed by atoms with van der Waals surface area (Å²) in [5, 5.41) is 5.63. The first kappa shape index (κ1) is 17.7. The molecular weight excluding hydrogens is 302 g/mol. The highest BCUT2D eigenvalue weighted by Crippen LogP contribution is 2.02. The van der Waals surface area contributed by atoms with Crippen LogP contribution in [0.5, 0.6) is 0 Å². The molecule has 126 valence electrons. The Bertz CT molecular complexity index is 671. The SMILES string of the molecule is CCCCCNC(=O)c1cccc(C(=O)NCc2ccccc2)n1. The lowest BCUT2D eigenvalue weighted by atomic mass is 10.2. The van der Waals surface area contributed by atoms with E-state index in [-0.39, 0.29) is 23.2 Å². The quantitative estimate of drug-likeness (QED) is 0.733. The molecule has 0 spiro atoms. The Morgan fingerprint density at radius 1 is 0.875 bits per heavy atom. The topological polar surface area (TPSA) is 71.1 Å². The summed E-state index contributed by atoms with van der Waals surface area (Å²) in [4.78, 5) is 28.4. The highest BCUT2D eigenvalue weighted by atomic mass is 16.2. The van der Waals surface area contributed by atoms with Gasteiger partial charge in [0, 0.05) is 13.1 Å². The number of carbonyl (C=O) groups is 2. The molecule has 0 aliphatic heterocycles. The Balaban J connectivity index is 1.91. The third kappa shape index (κ3) is 5.50. The van der Waals surface area contributed by atoms with Gasteiger partial charge in [0.05, 0.1) is 0 Å². The van der Waals surface area contributed by atoms with Gasteiger partial charge in [0.2, 0.25) is 0 Å². The van der Waals surface area contributed by atoms with Crippen LogP contribution in [-0.4, -0.2) is 23.3 Å². The zero-order chi connectivity index (χ0) is 17.2. The second-order valence-corrected chi connectivity index (χ2v) is 5.54. The van der Waals surface area contributed by atoms with Gasteiger partial charge in [-0.25, -0.2) is 4.98 Å². The van der Waals surface area contributed by atoms with Gasteiger partial charge in [-0.1, -0.05) is 56.2 Å². The highest BCUT2D eigenvalue weighted by Gasteiger charge is 2.11. The van der Waals surface area contributed by atoms with Crippen LogP contribution in [0.2, 0.25) is 0 Å². The van der Waals surface area contributed by atoms with Crippen LogP contribution < -0.4 is 10.6 Å². The minimum atomic E-state index is -0.292. The van der Waals surface area contributed by atoms with E-state index >= 15 is 0 Å². The molecule has 1 heterocycles. The van der Waals surface area contributed by atoms with Crippen LogP contribution in [0, 0.1) is 0 Å². The fourth-order valence-electron chi connectivity index (χ4n) is 2.22. The third-order valence-electron chi connectivity index (χ3n) is 3.58. The molecule has 0 radical (unpaired) electrons. The molecule has 2 aromatic rings. The van der Waals surface area contributed by atoms with Crippen molar-refractivity contribution in [3.63, 3.8) is 0 Å². The number of pyridine rings is 1. The lowest BCUT2D eigenvalue weighted by Crippen LogP contribution is -2.28. The number of hydrogen-bond acceptors (Lipinski definition) is 3. The van der Waals surface area contributed by atoms with E-state index in [0.29, 0.717) is 13.1 Å². The summed E-state index contributed by atoms with van der Waals surface area (Å²) in [5.41, 5.74) is 1.52. The van der Waals surface area contributed by atoms with Crippen LogP contribution in [0.15, 0.2) is 48.5 Å². The average Bonchev–Trinajstić information content (AvgIpc) is 2.64. The van der Waals surface area contributed by atoms with E-state index in [9.17, 15) is 9.59 Å². The number of carbonyl (C=O) groups excluding carboxylic acids is 2. The van der Waals surface area contributed by atoms with Gasteiger partial charge in [0.15, 0.2) is 0 Å². The molecular formula is C19H23N3O2. The van der Waals surface area contributed by atoms with Crippen molar-refractivity contribution in [1.29, 1.82) is 0 Å². The molecule has 1 aromatic carbocycles. The van der Waals surface area contributed by atoms with Gasteiger partial charge in [0.25, 0.3) is 11.8 Å². The summed E-state index contributed by atoms with van der Waals surface area (Å²) in [5.74, 6) is -0.539. The van der Waals surface area contributed by atoms with Crippen LogP contribution in [-0.2, 0) is 6.54 Å². The Hall–Kier alpha value is -2.69. The Morgan fingerprint density at radius 3 is 2.21 bits per heavy atom. The minimum Gasteiger partial charge on any atom is -0.351 e. The van der Waals surface area contributed by atoms with E-state index in [0.717, 1.165) is 24.8 Å². The summed E-state index contributed by atoms with van der Waals surface area (Å²) < 4.78 is 0. The monoisotopic (exact) mass is 325 g/mol. The Kier molecular flexibility index (Phi) is 6.95. The normalized spacial score (nSPS) is 10.2. The second-order valence-electron chi connectivity index (χ2n) is 5.54. The standard InChI is InChI=1S/C19H23N3O2/c1-2-3-7-13-20-18(23)16-11-8-12-17(22-16)19(24)21-14-15-9-5-4-6-10-15/h4-6,8-12H,2-3,7,13-14H2,1H3,(H,20,23)(H,21,24). The number of benzene rings is 1. The molecule has 0 fully saturated rings. The van der Waals surface area contributed by atoms with Crippen LogP contribution in [0.25, 0.3) is 0 Å². The first-order valence-corrected chi connectivity index (χ1v) is 8.28. The predicted molar refractivity (Wildman–Crippen MR) is 93.7 cm³/mol. The molecule has 24 heavy (non-hydrogen) atoms. The van der Waals surface area contributed by atoms with Crippen LogP contribution >= 0.6 is 0 Å². The maximum Gasteiger partial charge on any atom is 0.270 e. The van der Waals surface area contributed by atoms with E-state index < -0.39 is 0 Å². The molecule has 2 N–H and O–H groups in total. The fourth-order valence-corrected chi connectivity index (χ4v) is 2.22. The molecule has 0 bridgehead atoms. The molecule has 0 aliphatic rings. The molecule has 1 aromatic heterocycles. The third-order valence-corrected chi connectivity index (χ3v) is 3.58. The predicted octanol–water partition coefficient (Wildman–Crippen LogP) is 2.93. The van der Waals surface area contributed by atoms with Crippen molar-refractivity contribution >= 4 is 11.8 Å². The van der Waals surface area contributed by atoms with Crippen molar-refractivity contribution in [3.05, 3.63) is 65.5 Å². The number of unbranched alkanes of at least 4 members (excludes halogenated alkanes) is 2. The van der Waals surface area contributed by atoms with E-state index in [1.807, 2.05) is 30.3 Å². The van der Waals surface area contributed by atoms with E-state index in [1.165, 1.54) is 0 Å². The van der Waals surface area contributed by atoms with Crippen LogP contribution in [0.3, 0.4) is 0 Å². The van der Waals surface area contributed by atoms with Gasteiger partial charge in [-0.05, 0) is 24.1 Å². The van der Waals surface area contributed by atoms with Crippen molar-refractivity contribution in [2.75, 3.05) is 6.54 Å². The number of hydrogen-bond donors (Lipinski definition) is 2. The van der Waals surface area contributed by atoms with Gasteiger partial charge in [-0.3, -0.25) is 9.59 Å². The summed E-state index contributed by atoms with van der Waals surface area (Å²) >= 11 is 0. The first-order chi connectivity index (χ1) is 11.7. The van der Waals surface area contributed by atoms with Crippen molar-refractivity contribution < 1.29 is 9.59 Å². The summed E-state index contributed by atoms with van der Waals surface area (Å²) in [7, 11) is 0. The van der Waals surface area contributed by atoms with Crippen molar-refractivity contribution in [1.82, 2.24) is 15.6 Å². The maximum absolute atomic E-state index is 12.2. The summed E-state index contributed by atoms with van der Waals surface area (Å²) in [6.07, 6.45) is 3.13. The number of nitrogens with zero attached hydrogens (tertiary/aromatic N) is 1. The van der Waals surface area contributed by atoms with Crippen molar-refractivity contribution in [3.8, 4) is 0 Å². The number of aromatic nitrogens is 1. The summed E-state index contributed by atoms with van der Waals surface area (Å²) in [6.45, 7) is 3.16.